The Hall–Kier alpha value is -5.01. The number of hydrogen-bond donors (Lipinski definition) is 11. The van der Waals surface area contributed by atoms with Gasteiger partial charge in [0.1, 0.15) is 30.2 Å². The second-order valence-corrected chi connectivity index (χ2v) is 14.5. The molecule has 0 fully saturated rings. The van der Waals surface area contributed by atoms with E-state index in [1.54, 1.807) is 41.5 Å². The Morgan fingerprint density at radius 2 is 0.926 bits per heavy atom. The fourth-order valence-corrected chi connectivity index (χ4v) is 5.20. The third-order valence-electron chi connectivity index (χ3n) is 7.90. The minimum absolute atomic E-state index is 0.00282. The number of nitrogens with one attached hydrogen (secondary N) is 5. The van der Waals surface area contributed by atoms with Crippen LogP contribution in [0.3, 0.4) is 0 Å². The molecule has 0 aromatic heterocycles. The van der Waals surface area contributed by atoms with Gasteiger partial charge in [0.15, 0.2) is 5.96 Å². The lowest BCUT2D eigenvalue weighted by Crippen LogP contribution is -2.59. The van der Waals surface area contributed by atoms with Crippen LogP contribution in [0.4, 0.5) is 0 Å². The van der Waals surface area contributed by atoms with Crippen LogP contribution in [0.2, 0.25) is 0 Å². The highest BCUT2D eigenvalue weighted by Gasteiger charge is 2.33. The summed E-state index contributed by atoms with van der Waals surface area (Å²) < 4.78 is 0. The van der Waals surface area contributed by atoms with Crippen LogP contribution in [0.1, 0.15) is 99.3 Å². The van der Waals surface area contributed by atoms with E-state index in [9.17, 15) is 48.6 Å². The number of primary amides is 1. The van der Waals surface area contributed by atoms with Gasteiger partial charge in [0, 0.05) is 19.4 Å². The summed E-state index contributed by atoms with van der Waals surface area (Å²) in [5.74, 6) is -7.82. The van der Waals surface area contributed by atoms with Gasteiger partial charge in [-0.3, -0.25) is 38.6 Å². The molecule has 54 heavy (non-hydrogen) atoms. The normalized spacial score (nSPS) is 14.5. The summed E-state index contributed by atoms with van der Waals surface area (Å²) in [6, 6.07) is -7.62. The molecule has 0 aromatic rings. The van der Waals surface area contributed by atoms with Gasteiger partial charge in [-0.15, -0.1) is 0 Å². The molecule has 0 bridgehead atoms. The summed E-state index contributed by atoms with van der Waals surface area (Å²) in [5, 5.41) is 31.7. The molecule has 0 aliphatic heterocycles. The van der Waals surface area contributed by atoms with Crippen molar-refractivity contribution in [1.29, 1.82) is 0 Å². The predicted molar refractivity (Wildman–Crippen MR) is 199 cm³/mol. The zero-order valence-electron chi connectivity index (χ0n) is 32.2. The van der Waals surface area contributed by atoms with Crippen LogP contribution in [0.5, 0.6) is 0 Å². The van der Waals surface area contributed by atoms with E-state index in [-0.39, 0.29) is 81.6 Å². The highest BCUT2D eigenvalue weighted by atomic mass is 16.4. The number of nitrogens with zero attached hydrogens (tertiary/aromatic N) is 1. The summed E-state index contributed by atoms with van der Waals surface area (Å²) in [6.45, 7) is 10.8. The first-order valence-corrected chi connectivity index (χ1v) is 18.1. The van der Waals surface area contributed by atoms with E-state index < -0.39 is 90.1 Å². The smallest absolute Gasteiger partial charge is 0.326 e. The van der Waals surface area contributed by atoms with Crippen molar-refractivity contribution < 1.29 is 48.6 Å². The number of hydrogen-bond acceptors (Lipinski definition) is 10. The Morgan fingerprint density at radius 3 is 1.33 bits per heavy atom. The molecule has 0 aliphatic rings. The zero-order chi connectivity index (χ0) is 41.7. The van der Waals surface area contributed by atoms with Gasteiger partial charge >= 0.3 is 11.9 Å². The third kappa shape index (κ3) is 21.5. The molecule has 0 unspecified atom stereocenters. The number of aliphatic imine (C=N–C) groups is 1. The van der Waals surface area contributed by atoms with Crippen LogP contribution < -0.4 is 49.5 Å². The molecule has 0 saturated carbocycles. The molecule has 15 N–H and O–H groups in total. The van der Waals surface area contributed by atoms with Crippen LogP contribution in [0.15, 0.2) is 4.99 Å². The van der Waals surface area contributed by atoms with Gasteiger partial charge in [0.25, 0.3) is 0 Å². The molecule has 6 atom stereocenters. The van der Waals surface area contributed by atoms with Crippen LogP contribution in [-0.4, -0.2) is 106 Å². The van der Waals surface area contributed by atoms with E-state index in [1.807, 2.05) is 0 Å². The third-order valence-corrected chi connectivity index (χ3v) is 7.90. The number of rotatable bonds is 27. The molecule has 20 heteroatoms. The minimum atomic E-state index is -1.47. The van der Waals surface area contributed by atoms with Crippen LogP contribution in [0, 0.1) is 17.8 Å². The zero-order valence-corrected chi connectivity index (χ0v) is 32.2. The fourth-order valence-electron chi connectivity index (χ4n) is 5.20. The topological polar surface area (TPSA) is 354 Å². The molecule has 0 aliphatic carbocycles. The van der Waals surface area contributed by atoms with Gasteiger partial charge in [-0.1, -0.05) is 41.5 Å². The molecule has 0 rings (SSSR count). The maximum absolute atomic E-state index is 13.7. The van der Waals surface area contributed by atoms with E-state index >= 15 is 0 Å². The molecule has 308 valence electrons. The lowest BCUT2D eigenvalue weighted by atomic mass is 9.99. The van der Waals surface area contributed by atoms with Gasteiger partial charge < -0.3 is 59.7 Å². The molecule has 0 radical (unpaired) electrons. The van der Waals surface area contributed by atoms with Crippen molar-refractivity contribution in [3.63, 3.8) is 0 Å². The number of carboxylic acid groups (broad SMARTS) is 2. The van der Waals surface area contributed by atoms with Crippen LogP contribution in [0.25, 0.3) is 0 Å². The number of carboxylic acids is 2. The van der Waals surface area contributed by atoms with Gasteiger partial charge in [-0.05, 0) is 62.7 Å². The maximum Gasteiger partial charge on any atom is 0.326 e. The Labute approximate surface area is 316 Å². The summed E-state index contributed by atoms with van der Waals surface area (Å²) >= 11 is 0. The number of amides is 6. The van der Waals surface area contributed by atoms with Crippen molar-refractivity contribution in [2.45, 2.75) is 136 Å². The Kier molecular flexibility index (Phi) is 22.8. The van der Waals surface area contributed by atoms with Crippen LogP contribution in [-0.2, 0) is 38.4 Å². The van der Waals surface area contributed by atoms with Gasteiger partial charge in [-0.2, -0.15) is 0 Å². The Morgan fingerprint density at radius 1 is 0.537 bits per heavy atom. The molecule has 20 nitrogen and oxygen atoms in total. The summed E-state index contributed by atoms with van der Waals surface area (Å²) in [6.07, 6.45) is -0.667. The number of aliphatic carboxylic acids is 2. The second-order valence-electron chi connectivity index (χ2n) is 14.5. The van der Waals surface area contributed by atoms with Crippen molar-refractivity contribution in [3.8, 4) is 0 Å². The first-order valence-electron chi connectivity index (χ1n) is 18.1. The SMILES string of the molecule is CC(C)C[C@H](NC(=O)[C@H](CCCN=C(N)N)NC(=O)[C@H](CC(C)C)NC(=O)[C@H](CCC(=O)O)NC(=O)[C@H](CC(C)C)NC(=O)[C@@H](N)CCC(N)=O)C(=O)O. The summed E-state index contributed by atoms with van der Waals surface area (Å²) in [7, 11) is 0. The van der Waals surface area contributed by atoms with Crippen molar-refractivity contribution in [2.75, 3.05) is 6.54 Å². The lowest BCUT2D eigenvalue weighted by molar-refractivity contribution is -0.143. The van der Waals surface area contributed by atoms with E-state index in [0.717, 1.165) is 0 Å². The molecular weight excluding hydrogens is 708 g/mol. The maximum atomic E-state index is 13.7. The Bertz CT molecular complexity index is 1320. The lowest BCUT2D eigenvalue weighted by Gasteiger charge is -2.28. The van der Waals surface area contributed by atoms with E-state index in [0.29, 0.717) is 0 Å². The van der Waals surface area contributed by atoms with Crippen molar-refractivity contribution in [1.82, 2.24) is 26.6 Å². The Balaban J connectivity index is 6.33. The number of guanidine groups is 1. The predicted octanol–water partition coefficient (Wildman–Crippen LogP) is -1.86. The first-order chi connectivity index (χ1) is 25.0. The summed E-state index contributed by atoms with van der Waals surface area (Å²) in [5.41, 5.74) is 21.8. The summed E-state index contributed by atoms with van der Waals surface area (Å²) in [4.78, 5) is 105. The van der Waals surface area contributed by atoms with Gasteiger partial charge in [0.2, 0.25) is 35.4 Å². The molecule has 0 spiro atoms. The van der Waals surface area contributed by atoms with Crippen LogP contribution >= 0.6 is 0 Å². The van der Waals surface area contributed by atoms with E-state index in [4.69, 9.17) is 22.9 Å². The standard InChI is InChI=1S/C34H62N10O10/c1-17(2)14-23(42-28(48)20(35)9-11-26(36)45)31(51)41-22(10-12-27(46)47)30(50)43-24(15-18(3)4)32(52)40-21(8-7-13-39-34(37)38)29(49)44-25(33(53)54)16-19(5)6/h17-25H,7-16,35H2,1-6H3,(H2,36,45)(H,40,52)(H,41,51)(H,42,48)(H,43,50)(H,44,49)(H,46,47)(H,53,54)(H4,37,38,39)/t20-,21-,22-,23-,24-,25-/m0/s1. The largest absolute Gasteiger partial charge is 0.481 e. The highest BCUT2D eigenvalue weighted by molar-refractivity contribution is 5.96. The highest BCUT2D eigenvalue weighted by Crippen LogP contribution is 2.12. The number of carbonyl (C=O) groups is 8. The molecule has 6 amide bonds. The minimum Gasteiger partial charge on any atom is -0.481 e. The van der Waals surface area contributed by atoms with E-state index in [1.165, 1.54) is 0 Å². The van der Waals surface area contributed by atoms with Crippen molar-refractivity contribution >= 4 is 53.3 Å². The second kappa shape index (κ2) is 25.1. The average Bonchev–Trinajstić information content (AvgIpc) is 3.04. The average molecular weight is 771 g/mol. The molecule has 0 saturated heterocycles. The number of carbonyl (C=O) groups excluding carboxylic acids is 6. The van der Waals surface area contributed by atoms with Crippen molar-refractivity contribution in [2.24, 2.45) is 45.7 Å². The fraction of sp³-hybridized carbons (Fsp3) is 0.735. The van der Waals surface area contributed by atoms with Gasteiger partial charge in [0.05, 0.1) is 6.04 Å². The molecule has 0 aromatic carbocycles. The first kappa shape index (κ1) is 49.0. The number of nitrogens with two attached hydrogens (primary N) is 4. The molecular formula is C34H62N10O10. The molecule has 0 heterocycles. The monoisotopic (exact) mass is 770 g/mol. The van der Waals surface area contributed by atoms with E-state index in [2.05, 4.69) is 31.6 Å². The van der Waals surface area contributed by atoms with Crippen molar-refractivity contribution in [3.05, 3.63) is 0 Å². The quantitative estimate of drug-likeness (QED) is 0.0248. The van der Waals surface area contributed by atoms with Gasteiger partial charge in [-0.25, -0.2) is 4.79 Å².